The molecule has 0 atom stereocenters. The third-order valence-corrected chi connectivity index (χ3v) is 2.66. The van der Waals surface area contributed by atoms with E-state index in [0.29, 0.717) is 0 Å². The molecule has 1 fully saturated rings. The highest BCUT2D eigenvalue weighted by Crippen LogP contribution is 2.30. The molecule has 1 saturated heterocycles. The van der Waals surface area contributed by atoms with Crippen molar-refractivity contribution in [1.82, 2.24) is 5.32 Å². The van der Waals surface area contributed by atoms with E-state index in [2.05, 4.69) is 10.2 Å². The number of ether oxygens (including phenoxy) is 1. The zero-order valence-corrected chi connectivity index (χ0v) is 8.99. The van der Waals surface area contributed by atoms with E-state index in [-0.39, 0.29) is 0 Å². The van der Waals surface area contributed by atoms with Crippen LogP contribution in [0, 0.1) is 0 Å². The second kappa shape index (κ2) is 4.40. The summed E-state index contributed by atoms with van der Waals surface area (Å²) in [5.74, 6) is 0.895. The lowest BCUT2D eigenvalue weighted by atomic mass is 10.2. The van der Waals surface area contributed by atoms with Crippen molar-refractivity contribution in [2.45, 2.75) is 0 Å². The van der Waals surface area contributed by atoms with Gasteiger partial charge >= 0.3 is 0 Å². The molecule has 0 spiro atoms. The minimum Gasteiger partial charge on any atom is -0.495 e. The van der Waals surface area contributed by atoms with E-state index in [4.69, 9.17) is 10.5 Å². The van der Waals surface area contributed by atoms with Gasteiger partial charge in [0.2, 0.25) is 0 Å². The SMILES string of the molecule is COc1ccc(N)cc1N1CCNCC1. The van der Waals surface area contributed by atoms with E-state index < -0.39 is 0 Å². The van der Waals surface area contributed by atoms with Crippen LogP contribution < -0.4 is 20.7 Å². The number of anilines is 2. The number of nitrogens with one attached hydrogen (secondary N) is 1. The molecule has 0 unspecified atom stereocenters. The summed E-state index contributed by atoms with van der Waals surface area (Å²) in [6.45, 7) is 4.02. The number of benzene rings is 1. The smallest absolute Gasteiger partial charge is 0.142 e. The Balaban J connectivity index is 2.27. The minimum absolute atomic E-state index is 0.782. The van der Waals surface area contributed by atoms with Gasteiger partial charge in [-0.1, -0.05) is 0 Å². The molecule has 0 aliphatic carbocycles. The molecule has 0 radical (unpaired) electrons. The van der Waals surface area contributed by atoms with Crippen LogP contribution in [0.15, 0.2) is 18.2 Å². The Kier molecular flexibility index (Phi) is 2.97. The lowest BCUT2D eigenvalue weighted by molar-refractivity contribution is 0.413. The van der Waals surface area contributed by atoms with E-state index in [0.717, 1.165) is 43.3 Å². The molecule has 1 aliphatic heterocycles. The fourth-order valence-corrected chi connectivity index (χ4v) is 1.86. The van der Waals surface area contributed by atoms with Gasteiger partial charge in [-0.05, 0) is 18.2 Å². The molecule has 3 N–H and O–H groups in total. The molecule has 4 heteroatoms. The Morgan fingerprint density at radius 1 is 1.33 bits per heavy atom. The molecule has 1 aliphatic rings. The van der Waals surface area contributed by atoms with Gasteiger partial charge in [-0.15, -0.1) is 0 Å². The number of hydrogen-bond donors (Lipinski definition) is 2. The maximum Gasteiger partial charge on any atom is 0.142 e. The summed E-state index contributed by atoms with van der Waals surface area (Å²) >= 11 is 0. The fraction of sp³-hybridized carbons (Fsp3) is 0.455. The van der Waals surface area contributed by atoms with Gasteiger partial charge in [0, 0.05) is 31.9 Å². The highest BCUT2D eigenvalue weighted by Gasteiger charge is 2.14. The second-order valence-corrected chi connectivity index (χ2v) is 3.67. The molecule has 1 heterocycles. The van der Waals surface area contributed by atoms with E-state index in [1.807, 2.05) is 18.2 Å². The van der Waals surface area contributed by atoms with Crippen LogP contribution in [0.3, 0.4) is 0 Å². The molecule has 1 aromatic carbocycles. The maximum atomic E-state index is 5.79. The van der Waals surface area contributed by atoms with Crippen LogP contribution in [0.5, 0.6) is 5.75 Å². The summed E-state index contributed by atoms with van der Waals surface area (Å²) in [5.41, 5.74) is 7.67. The van der Waals surface area contributed by atoms with Crippen molar-refractivity contribution in [2.24, 2.45) is 0 Å². The Bertz CT molecular complexity index is 335. The third-order valence-electron chi connectivity index (χ3n) is 2.66. The first-order valence-corrected chi connectivity index (χ1v) is 5.20. The van der Waals surface area contributed by atoms with Gasteiger partial charge in [0.1, 0.15) is 5.75 Å². The topological polar surface area (TPSA) is 50.5 Å². The van der Waals surface area contributed by atoms with E-state index in [1.165, 1.54) is 0 Å². The number of nitrogen functional groups attached to an aromatic ring is 1. The summed E-state index contributed by atoms with van der Waals surface area (Å²) < 4.78 is 5.34. The fourth-order valence-electron chi connectivity index (χ4n) is 1.86. The lowest BCUT2D eigenvalue weighted by Gasteiger charge is -2.30. The van der Waals surface area contributed by atoms with Crippen LogP contribution in [0.4, 0.5) is 11.4 Å². The zero-order chi connectivity index (χ0) is 10.7. The second-order valence-electron chi connectivity index (χ2n) is 3.67. The summed E-state index contributed by atoms with van der Waals surface area (Å²) in [6, 6.07) is 5.77. The van der Waals surface area contributed by atoms with Gasteiger partial charge < -0.3 is 20.7 Å². The van der Waals surface area contributed by atoms with Gasteiger partial charge in [-0.25, -0.2) is 0 Å². The standard InChI is InChI=1S/C11H17N3O/c1-15-11-3-2-9(12)8-10(11)14-6-4-13-5-7-14/h2-3,8,13H,4-7,12H2,1H3. The summed E-state index contributed by atoms with van der Waals surface area (Å²) in [6.07, 6.45) is 0. The molecule has 82 valence electrons. The Labute approximate surface area is 90.0 Å². The highest BCUT2D eigenvalue weighted by molar-refractivity contribution is 5.65. The molecule has 0 amide bonds. The van der Waals surface area contributed by atoms with Gasteiger partial charge in [0.05, 0.1) is 12.8 Å². The van der Waals surface area contributed by atoms with Gasteiger partial charge in [0.15, 0.2) is 0 Å². The largest absolute Gasteiger partial charge is 0.495 e. The molecule has 4 nitrogen and oxygen atoms in total. The average molecular weight is 207 g/mol. The van der Waals surface area contributed by atoms with Crippen molar-refractivity contribution in [3.63, 3.8) is 0 Å². The maximum absolute atomic E-state index is 5.79. The minimum atomic E-state index is 0.782. The third kappa shape index (κ3) is 2.15. The molecule has 0 saturated carbocycles. The first-order valence-electron chi connectivity index (χ1n) is 5.20. The first-order chi connectivity index (χ1) is 7.31. The summed E-state index contributed by atoms with van der Waals surface area (Å²) in [4.78, 5) is 2.30. The van der Waals surface area contributed by atoms with Crippen molar-refractivity contribution < 1.29 is 4.74 Å². The van der Waals surface area contributed by atoms with Crippen molar-refractivity contribution in [2.75, 3.05) is 43.9 Å². The predicted molar refractivity (Wildman–Crippen MR) is 62.5 cm³/mol. The number of nitrogens with two attached hydrogens (primary N) is 1. The molecular formula is C11H17N3O. The van der Waals surface area contributed by atoms with Gasteiger partial charge in [-0.3, -0.25) is 0 Å². The van der Waals surface area contributed by atoms with Crippen molar-refractivity contribution in [3.8, 4) is 5.75 Å². The zero-order valence-electron chi connectivity index (χ0n) is 8.99. The van der Waals surface area contributed by atoms with E-state index >= 15 is 0 Å². The van der Waals surface area contributed by atoms with E-state index in [9.17, 15) is 0 Å². The van der Waals surface area contributed by atoms with Crippen LogP contribution in [-0.4, -0.2) is 33.3 Å². The number of nitrogens with zero attached hydrogens (tertiary/aromatic N) is 1. The van der Waals surface area contributed by atoms with Gasteiger partial charge in [-0.2, -0.15) is 0 Å². The number of methoxy groups -OCH3 is 1. The van der Waals surface area contributed by atoms with Crippen LogP contribution in [0.2, 0.25) is 0 Å². The summed E-state index contributed by atoms with van der Waals surface area (Å²) in [7, 11) is 1.69. The number of piperazine rings is 1. The molecule has 0 aromatic heterocycles. The molecule has 15 heavy (non-hydrogen) atoms. The van der Waals surface area contributed by atoms with Crippen molar-refractivity contribution in [1.29, 1.82) is 0 Å². The Morgan fingerprint density at radius 3 is 2.73 bits per heavy atom. The van der Waals surface area contributed by atoms with Crippen molar-refractivity contribution in [3.05, 3.63) is 18.2 Å². The average Bonchev–Trinajstić information content (AvgIpc) is 2.30. The molecular weight excluding hydrogens is 190 g/mol. The van der Waals surface area contributed by atoms with Gasteiger partial charge in [0.25, 0.3) is 0 Å². The van der Waals surface area contributed by atoms with Crippen LogP contribution in [0.25, 0.3) is 0 Å². The lowest BCUT2D eigenvalue weighted by Crippen LogP contribution is -2.43. The highest BCUT2D eigenvalue weighted by atomic mass is 16.5. The number of hydrogen-bond acceptors (Lipinski definition) is 4. The Hall–Kier alpha value is -1.42. The number of rotatable bonds is 2. The summed E-state index contributed by atoms with van der Waals surface area (Å²) in [5, 5.41) is 3.32. The van der Waals surface area contributed by atoms with Crippen molar-refractivity contribution >= 4 is 11.4 Å². The first kappa shape index (κ1) is 10.1. The quantitative estimate of drug-likeness (QED) is 0.700. The van der Waals surface area contributed by atoms with Crippen LogP contribution in [-0.2, 0) is 0 Å². The van der Waals surface area contributed by atoms with E-state index in [1.54, 1.807) is 7.11 Å². The van der Waals surface area contributed by atoms with Crippen LogP contribution >= 0.6 is 0 Å². The predicted octanol–water partition coefficient (Wildman–Crippen LogP) is 0.687. The monoisotopic (exact) mass is 207 g/mol. The molecule has 2 rings (SSSR count). The molecule has 0 bridgehead atoms. The Morgan fingerprint density at radius 2 is 2.07 bits per heavy atom. The van der Waals surface area contributed by atoms with Crippen LogP contribution in [0.1, 0.15) is 0 Å². The normalized spacial score (nSPS) is 16.5. The molecule has 1 aromatic rings.